The molecule has 0 saturated carbocycles. The predicted octanol–water partition coefficient (Wildman–Crippen LogP) is 2.96. The normalized spacial score (nSPS) is 21.6. The Morgan fingerprint density at radius 3 is 2.33 bits per heavy atom. The number of rotatable bonds is 3. The Kier molecular flexibility index (Phi) is 4.95. The first-order valence-electron chi connectivity index (χ1n) is 10.8. The number of hydrogen-bond acceptors (Lipinski definition) is 4. The third kappa shape index (κ3) is 3.45. The molecule has 156 valence electrons. The van der Waals surface area contributed by atoms with E-state index >= 15 is 0 Å². The molecule has 2 fully saturated rings. The van der Waals surface area contributed by atoms with Crippen LogP contribution in [0.4, 0.5) is 0 Å². The molecule has 5 rings (SSSR count). The van der Waals surface area contributed by atoms with E-state index in [1.807, 2.05) is 53.4 Å². The fourth-order valence-electron chi connectivity index (χ4n) is 4.89. The average Bonchev–Trinajstić information content (AvgIpc) is 3.29. The maximum Gasteiger partial charge on any atom is 0.258 e. The van der Waals surface area contributed by atoms with E-state index in [9.17, 15) is 9.59 Å². The number of hydrogen-bond donors (Lipinski definition) is 1. The number of para-hydroxylation sites is 1. The molecule has 3 heterocycles. The third-order valence-corrected chi connectivity index (χ3v) is 6.52. The summed E-state index contributed by atoms with van der Waals surface area (Å²) in [6, 6.07) is 17.2. The summed E-state index contributed by atoms with van der Waals surface area (Å²) < 4.78 is 6.22. The molecule has 0 radical (unpaired) electrons. The Hall–Kier alpha value is -2.86. The van der Waals surface area contributed by atoms with Gasteiger partial charge in [0.05, 0.1) is 5.56 Å². The van der Waals surface area contributed by atoms with Gasteiger partial charge in [-0.25, -0.2) is 0 Å². The number of carbonyl (C=O) groups is 2. The second-order valence-corrected chi connectivity index (χ2v) is 8.43. The smallest absolute Gasteiger partial charge is 0.258 e. The largest absolute Gasteiger partial charge is 0.467 e. The van der Waals surface area contributed by atoms with Gasteiger partial charge in [0, 0.05) is 25.9 Å². The topological polar surface area (TPSA) is 61.9 Å². The first-order chi connectivity index (χ1) is 14.7. The summed E-state index contributed by atoms with van der Waals surface area (Å²) in [7, 11) is 0. The number of likely N-dealkylation sites (tertiary alicyclic amines) is 2. The second kappa shape index (κ2) is 7.76. The molecule has 2 amide bonds. The molecule has 0 aliphatic carbocycles. The third-order valence-electron chi connectivity index (χ3n) is 6.52. The number of fused-ring (bicyclic) bond motifs is 1. The van der Waals surface area contributed by atoms with Crippen molar-refractivity contribution in [3.8, 4) is 5.75 Å². The van der Waals surface area contributed by atoms with Gasteiger partial charge in [-0.05, 0) is 43.6 Å². The van der Waals surface area contributed by atoms with Crippen molar-refractivity contribution < 1.29 is 14.3 Å². The summed E-state index contributed by atoms with van der Waals surface area (Å²) in [6.45, 7) is 3.05. The number of nitrogens with one attached hydrogen (secondary N) is 1. The first kappa shape index (κ1) is 19.1. The number of amides is 2. The molecule has 1 spiro atoms. The number of benzene rings is 2. The van der Waals surface area contributed by atoms with Crippen LogP contribution in [-0.2, 0) is 4.79 Å². The van der Waals surface area contributed by atoms with Crippen molar-refractivity contribution >= 4 is 11.8 Å². The molecule has 6 heteroatoms. The van der Waals surface area contributed by atoms with Crippen LogP contribution in [0.15, 0.2) is 54.6 Å². The van der Waals surface area contributed by atoms with Crippen LogP contribution in [0.3, 0.4) is 0 Å². The van der Waals surface area contributed by atoms with Gasteiger partial charge in [-0.3, -0.25) is 14.5 Å². The van der Waals surface area contributed by atoms with E-state index in [1.54, 1.807) is 6.07 Å². The fourth-order valence-corrected chi connectivity index (χ4v) is 4.89. The van der Waals surface area contributed by atoms with Crippen LogP contribution in [0.5, 0.6) is 5.75 Å². The van der Waals surface area contributed by atoms with Crippen LogP contribution in [0.2, 0.25) is 0 Å². The average molecular weight is 405 g/mol. The zero-order valence-electron chi connectivity index (χ0n) is 17.0. The van der Waals surface area contributed by atoms with Gasteiger partial charge in [-0.2, -0.15) is 0 Å². The van der Waals surface area contributed by atoms with Crippen molar-refractivity contribution in [1.82, 2.24) is 15.1 Å². The van der Waals surface area contributed by atoms with E-state index < -0.39 is 5.72 Å². The second-order valence-electron chi connectivity index (χ2n) is 8.43. The Labute approximate surface area is 176 Å². The standard InChI is InChI=1S/C24H27N3O3/c28-22-19-10-4-5-11-20(19)30-24(25-22)12-16-27(17-13-24)23(29)21(26-14-6-7-15-26)18-8-2-1-3-9-18/h1-5,8-11,21H,6-7,12-17H2,(H,25,28)/t21-/m1/s1. The lowest BCUT2D eigenvalue weighted by Gasteiger charge is -2.45. The molecule has 1 N–H and O–H groups in total. The lowest BCUT2D eigenvalue weighted by Crippen LogP contribution is -2.62. The summed E-state index contributed by atoms with van der Waals surface area (Å²) >= 11 is 0. The minimum Gasteiger partial charge on any atom is -0.467 e. The van der Waals surface area contributed by atoms with E-state index in [0.717, 1.165) is 31.5 Å². The van der Waals surface area contributed by atoms with E-state index in [1.165, 1.54) is 0 Å². The molecular weight excluding hydrogens is 378 g/mol. The van der Waals surface area contributed by atoms with E-state index in [4.69, 9.17) is 4.74 Å². The zero-order chi connectivity index (χ0) is 20.6. The number of nitrogens with zero attached hydrogens (tertiary/aromatic N) is 2. The SMILES string of the molecule is O=C1NC2(CCN(C(=O)[C@@H](c3ccccc3)N3CCCC3)CC2)Oc2ccccc21. The van der Waals surface area contributed by atoms with Gasteiger partial charge in [-0.1, -0.05) is 42.5 Å². The molecule has 3 aliphatic rings. The molecule has 1 atom stereocenters. The molecule has 6 nitrogen and oxygen atoms in total. The van der Waals surface area contributed by atoms with Crippen LogP contribution in [0, 0.1) is 0 Å². The minimum absolute atomic E-state index is 0.101. The number of ether oxygens (including phenoxy) is 1. The van der Waals surface area contributed by atoms with Crippen molar-refractivity contribution in [2.24, 2.45) is 0 Å². The molecule has 3 aliphatic heterocycles. The van der Waals surface area contributed by atoms with Gasteiger partial charge in [0.15, 0.2) is 5.72 Å². The highest BCUT2D eigenvalue weighted by molar-refractivity contribution is 5.98. The van der Waals surface area contributed by atoms with Crippen molar-refractivity contribution in [2.75, 3.05) is 26.2 Å². The molecule has 2 aromatic rings. The highest BCUT2D eigenvalue weighted by Gasteiger charge is 2.44. The number of piperidine rings is 1. The summed E-state index contributed by atoms with van der Waals surface area (Å²) in [4.78, 5) is 30.4. The van der Waals surface area contributed by atoms with Crippen LogP contribution in [0.25, 0.3) is 0 Å². The summed E-state index contributed by atoms with van der Waals surface area (Å²) in [5, 5.41) is 3.05. The zero-order valence-corrected chi connectivity index (χ0v) is 17.0. The highest BCUT2D eigenvalue weighted by Crippen LogP contribution is 2.35. The fraction of sp³-hybridized carbons (Fsp3) is 0.417. The molecule has 2 saturated heterocycles. The Morgan fingerprint density at radius 1 is 0.933 bits per heavy atom. The quantitative estimate of drug-likeness (QED) is 0.853. The maximum absolute atomic E-state index is 13.6. The number of carbonyl (C=O) groups excluding carboxylic acids is 2. The minimum atomic E-state index is -0.724. The Balaban J connectivity index is 1.32. The Morgan fingerprint density at radius 2 is 1.60 bits per heavy atom. The van der Waals surface area contributed by atoms with Gasteiger partial charge in [0.25, 0.3) is 5.91 Å². The molecule has 0 aromatic heterocycles. The predicted molar refractivity (Wildman–Crippen MR) is 113 cm³/mol. The highest BCUT2D eigenvalue weighted by atomic mass is 16.5. The van der Waals surface area contributed by atoms with Crippen molar-refractivity contribution in [1.29, 1.82) is 0 Å². The lowest BCUT2D eigenvalue weighted by molar-refractivity contribution is -0.141. The van der Waals surface area contributed by atoms with Gasteiger partial charge in [0.2, 0.25) is 5.91 Å². The van der Waals surface area contributed by atoms with Crippen molar-refractivity contribution in [3.63, 3.8) is 0 Å². The maximum atomic E-state index is 13.6. The summed E-state index contributed by atoms with van der Waals surface area (Å²) in [5.41, 5.74) is 0.901. The van der Waals surface area contributed by atoms with Gasteiger partial charge >= 0.3 is 0 Å². The molecule has 30 heavy (non-hydrogen) atoms. The molecular formula is C24H27N3O3. The van der Waals surface area contributed by atoms with Crippen LogP contribution < -0.4 is 10.1 Å². The van der Waals surface area contributed by atoms with Crippen LogP contribution >= 0.6 is 0 Å². The monoisotopic (exact) mass is 405 g/mol. The van der Waals surface area contributed by atoms with Gasteiger partial charge in [0.1, 0.15) is 11.8 Å². The summed E-state index contributed by atoms with van der Waals surface area (Å²) in [6.07, 6.45) is 3.44. The lowest BCUT2D eigenvalue weighted by atomic mass is 9.95. The van der Waals surface area contributed by atoms with E-state index in [2.05, 4.69) is 10.2 Å². The molecule has 0 unspecified atom stereocenters. The Bertz CT molecular complexity index is 932. The van der Waals surface area contributed by atoms with Gasteiger partial charge in [-0.15, -0.1) is 0 Å². The summed E-state index contributed by atoms with van der Waals surface area (Å²) in [5.74, 6) is 0.677. The van der Waals surface area contributed by atoms with E-state index in [-0.39, 0.29) is 17.9 Å². The van der Waals surface area contributed by atoms with Crippen molar-refractivity contribution in [3.05, 3.63) is 65.7 Å². The van der Waals surface area contributed by atoms with Gasteiger partial charge < -0.3 is 15.0 Å². The van der Waals surface area contributed by atoms with Crippen molar-refractivity contribution in [2.45, 2.75) is 37.5 Å². The first-order valence-corrected chi connectivity index (χ1v) is 10.8. The van der Waals surface area contributed by atoms with Crippen LogP contribution in [0.1, 0.15) is 47.6 Å². The molecule has 2 aromatic carbocycles. The molecule has 0 bridgehead atoms. The van der Waals surface area contributed by atoms with Crippen LogP contribution in [-0.4, -0.2) is 53.5 Å². The van der Waals surface area contributed by atoms with E-state index in [0.29, 0.717) is 37.2 Å².